The van der Waals surface area contributed by atoms with E-state index >= 15 is 0 Å². The molecular formula is C21H37N7O. The molecule has 1 aromatic heterocycles. The summed E-state index contributed by atoms with van der Waals surface area (Å²) in [5, 5.41) is 12.0. The highest BCUT2D eigenvalue weighted by Gasteiger charge is 2.28. The summed E-state index contributed by atoms with van der Waals surface area (Å²) in [6.07, 6.45) is 7.99. The molecule has 1 N–H and O–H groups in total. The van der Waals surface area contributed by atoms with Crippen LogP contribution in [0.3, 0.4) is 0 Å². The molecule has 8 nitrogen and oxygen atoms in total. The molecule has 4 heterocycles. The Morgan fingerprint density at radius 2 is 2.00 bits per heavy atom. The molecule has 4 rings (SSSR count). The molecule has 0 aliphatic carbocycles. The van der Waals surface area contributed by atoms with Crippen LogP contribution in [0.5, 0.6) is 0 Å². The van der Waals surface area contributed by atoms with E-state index in [4.69, 9.17) is 9.73 Å². The van der Waals surface area contributed by atoms with E-state index in [9.17, 15) is 0 Å². The van der Waals surface area contributed by atoms with E-state index in [1.54, 1.807) is 0 Å². The van der Waals surface area contributed by atoms with E-state index in [2.05, 4.69) is 25.3 Å². The van der Waals surface area contributed by atoms with Crippen LogP contribution in [0.25, 0.3) is 0 Å². The number of hydrogen-bond donors (Lipinski definition) is 1. The van der Waals surface area contributed by atoms with Gasteiger partial charge in [0.2, 0.25) is 0 Å². The monoisotopic (exact) mass is 403 g/mol. The number of ether oxygens (including phenoxy) is 1. The van der Waals surface area contributed by atoms with Crippen molar-refractivity contribution < 1.29 is 4.74 Å². The lowest BCUT2D eigenvalue weighted by molar-refractivity contribution is 0.113. The van der Waals surface area contributed by atoms with E-state index in [-0.39, 0.29) is 0 Å². The van der Waals surface area contributed by atoms with Crippen molar-refractivity contribution in [3.63, 3.8) is 0 Å². The first kappa shape index (κ1) is 20.6. The third kappa shape index (κ3) is 5.48. The molecule has 2 atom stereocenters. The van der Waals surface area contributed by atoms with Gasteiger partial charge in [-0.2, -0.15) is 0 Å². The number of hydrogen-bond acceptors (Lipinski definition) is 5. The van der Waals surface area contributed by atoms with Gasteiger partial charge in [-0.25, -0.2) is 4.99 Å². The van der Waals surface area contributed by atoms with Crippen molar-refractivity contribution in [2.45, 2.75) is 58.1 Å². The molecule has 0 spiro atoms. The first-order chi connectivity index (χ1) is 14.2. The van der Waals surface area contributed by atoms with Gasteiger partial charge in [0.1, 0.15) is 12.4 Å². The normalized spacial score (nSPS) is 26.4. The van der Waals surface area contributed by atoms with Gasteiger partial charge in [0.25, 0.3) is 0 Å². The standard InChI is InChI=1S/C21H37N7O/c1-17-24-25-20(26(17)2)14-23-21(22-13-19-7-6-12-29-19)28-11-8-18(16-28)15-27-9-4-3-5-10-27/h18-19H,3-16H2,1-2H3,(H,22,23). The van der Waals surface area contributed by atoms with Gasteiger partial charge in [-0.05, 0) is 58.0 Å². The zero-order chi connectivity index (χ0) is 20.1. The molecule has 29 heavy (non-hydrogen) atoms. The second kappa shape index (κ2) is 9.89. The lowest BCUT2D eigenvalue weighted by Crippen LogP contribution is -2.44. The third-order valence-electron chi connectivity index (χ3n) is 6.62. The van der Waals surface area contributed by atoms with Gasteiger partial charge in [-0.1, -0.05) is 6.42 Å². The molecule has 0 saturated carbocycles. The number of aromatic nitrogens is 3. The Morgan fingerprint density at radius 3 is 2.72 bits per heavy atom. The van der Waals surface area contributed by atoms with Gasteiger partial charge in [-0.3, -0.25) is 0 Å². The quantitative estimate of drug-likeness (QED) is 0.574. The lowest BCUT2D eigenvalue weighted by Gasteiger charge is -2.29. The van der Waals surface area contributed by atoms with Crippen LogP contribution in [0.1, 0.15) is 50.2 Å². The smallest absolute Gasteiger partial charge is 0.194 e. The molecule has 3 aliphatic rings. The predicted octanol–water partition coefficient (Wildman–Crippen LogP) is 1.56. The van der Waals surface area contributed by atoms with Crippen molar-refractivity contribution in [1.29, 1.82) is 0 Å². The highest BCUT2D eigenvalue weighted by Crippen LogP contribution is 2.20. The van der Waals surface area contributed by atoms with Crippen LogP contribution in [0.15, 0.2) is 4.99 Å². The van der Waals surface area contributed by atoms with Crippen LogP contribution in [0.4, 0.5) is 0 Å². The van der Waals surface area contributed by atoms with Crippen molar-refractivity contribution in [1.82, 2.24) is 29.9 Å². The van der Waals surface area contributed by atoms with Gasteiger partial charge in [-0.15, -0.1) is 10.2 Å². The van der Waals surface area contributed by atoms with Crippen molar-refractivity contribution >= 4 is 5.96 Å². The fraction of sp³-hybridized carbons (Fsp3) is 0.857. The van der Waals surface area contributed by atoms with Gasteiger partial charge in [0.15, 0.2) is 11.8 Å². The summed E-state index contributed by atoms with van der Waals surface area (Å²) in [7, 11) is 2.00. The van der Waals surface area contributed by atoms with Crippen LogP contribution < -0.4 is 5.32 Å². The van der Waals surface area contributed by atoms with E-state index in [1.165, 1.54) is 51.7 Å². The summed E-state index contributed by atoms with van der Waals surface area (Å²) in [6, 6.07) is 0. The molecular weight excluding hydrogens is 366 g/mol. The molecule has 162 valence electrons. The van der Waals surface area contributed by atoms with Gasteiger partial charge < -0.3 is 24.4 Å². The Labute approximate surface area is 174 Å². The highest BCUT2D eigenvalue weighted by atomic mass is 16.5. The van der Waals surface area contributed by atoms with Crippen molar-refractivity contribution in [2.24, 2.45) is 18.0 Å². The molecule has 2 unspecified atom stereocenters. The Bertz CT molecular complexity index is 677. The first-order valence-corrected chi connectivity index (χ1v) is 11.4. The second-order valence-corrected chi connectivity index (χ2v) is 8.84. The number of nitrogens with one attached hydrogen (secondary N) is 1. The maximum absolute atomic E-state index is 5.80. The average Bonchev–Trinajstić information content (AvgIpc) is 3.48. The molecule has 0 aromatic carbocycles. The maximum Gasteiger partial charge on any atom is 0.194 e. The average molecular weight is 404 g/mol. The lowest BCUT2D eigenvalue weighted by atomic mass is 10.1. The SMILES string of the molecule is Cc1nnc(CN=C(NCC2CCCO2)N2CCC(CN3CCCCC3)C2)n1C. The van der Waals surface area contributed by atoms with Crippen LogP contribution in [0, 0.1) is 12.8 Å². The number of aliphatic imine (C=N–C) groups is 1. The minimum atomic E-state index is 0.309. The van der Waals surface area contributed by atoms with Gasteiger partial charge >= 0.3 is 0 Å². The van der Waals surface area contributed by atoms with E-state index in [0.29, 0.717) is 12.6 Å². The number of piperidine rings is 1. The van der Waals surface area contributed by atoms with Crippen molar-refractivity contribution in [3.8, 4) is 0 Å². The summed E-state index contributed by atoms with van der Waals surface area (Å²) in [4.78, 5) is 10.0. The zero-order valence-corrected chi connectivity index (χ0v) is 18.1. The number of guanidine groups is 1. The first-order valence-electron chi connectivity index (χ1n) is 11.4. The molecule has 1 aromatic rings. The minimum absolute atomic E-state index is 0.309. The Morgan fingerprint density at radius 1 is 1.14 bits per heavy atom. The molecule has 8 heteroatoms. The molecule has 3 fully saturated rings. The predicted molar refractivity (Wildman–Crippen MR) is 114 cm³/mol. The molecule has 0 amide bonds. The van der Waals surface area contributed by atoms with Gasteiger partial charge in [0, 0.05) is 39.8 Å². The van der Waals surface area contributed by atoms with Crippen molar-refractivity contribution in [2.75, 3.05) is 45.9 Å². The topological polar surface area (TPSA) is 70.8 Å². The minimum Gasteiger partial charge on any atom is -0.376 e. The molecule has 0 bridgehead atoms. The molecule has 3 aliphatic heterocycles. The van der Waals surface area contributed by atoms with E-state index in [1.807, 2.05) is 18.5 Å². The number of nitrogens with zero attached hydrogens (tertiary/aromatic N) is 6. The third-order valence-corrected chi connectivity index (χ3v) is 6.62. The van der Waals surface area contributed by atoms with Crippen molar-refractivity contribution in [3.05, 3.63) is 11.6 Å². The second-order valence-electron chi connectivity index (χ2n) is 8.84. The summed E-state index contributed by atoms with van der Waals surface area (Å²) in [5.41, 5.74) is 0. The number of aryl methyl sites for hydroxylation is 1. The molecule has 3 saturated heterocycles. The van der Waals surface area contributed by atoms with E-state index < -0.39 is 0 Å². The highest BCUT2D eigenvalue weighted by molar-refractivity contribution is 5.80. The Balaban J connectivity index is 1.37. The van der Waals surface area contributed by atoms with Crippen LogP contribution in [0.2, 0.25) is 0 Å². The zero-order valence-electron chi connectivity index (χ0n) is 18.1. The van der Waals surface area contributed by atoms with E-state index in [0.717, 1.165) is 56.2 Å². The van der Waals surface area contributed by atoms with Crippen LogP contribution in [-0.4, -0.2) is 82.5 Å². The Hall–Kier alpha value is -1.67. The number of rotatable bonds is 6. The van der Waals surface area contributed by atoms with Crippen LogP contribution >= 0.6 is 0 Å². The fourth-order valence-electron chi connectivity index (χ4n) is 4.69. The van der Waals surface area contributed by atoms with Gasteiger partial charge in [0.05, 0.1) is 6.10 Å². The summed E-state index contributed by atoms with van der Waals surface area (Å²) in [6.45, 7) is 10.2. The maximum atomic E-state index is 5.80. The Kier molecular flexibility index (Phi) is 7.02. The molecule has 0 radical (unpaired) electrons. The van der Waals surface area contributed by atoms with Crippen LogP contribution in [-0.2, 0) is 18.3 Å². The summed E-state index contributed by atoms with van der Waals surface area (Å²) < 4.78 is 7.82. The fourth-order valence-corrected chi connectivity index (χ4v) is 4.69. The summed E-state index contributed by atoms with van der Waals surface area (Å²) >= 11 is 0. The largest absolute Gasteiger partial charge is 0.376 e. The number of likely N-dealkylation sites (tertiary alicyclic amines) is 2. The summed E-state index contributed by atoms with van der Waals surface area (Å²) in [5.74, 6) is 3.57.